The van der Waals surface area contributed by atoms with Gasteiger partial charge in [0.2, 0.25) is 0 Å². The average Bonchev–Trinajstić information content (AvgIpc) is 3.07. The van der Waals surface area contributed by atoms with Gasteiger partial charge in [-0.3, -0.25) is 4.68 Å². The lowest BCUT2D eigenvalue weighted by molar-refractivity contribution is 0.0224. The van der Waals surface area contributed by atoms with Gasteiger partial charge in [-0.2, -0.15) is 5.10 Å². The maximum absolute atomic E-state index is 12.4. The van der Waals surface area contributed by atoms with E-state index < -0.39 is 5.60 Å². The number of rotatable bonds is 0. The number of carbonyl (C=O) groups is 1. The normalized spacial score (nSPS) is 16.6. The Morgan fingerprint density at radius 1 is 1.30 bits per heavy atom. The van der Waals surface area contributed by atoms with E-state index in [1.54, 1.807) is 11.2 Å². The first-order valence-corrected chi connectivity index (χ1v) is 7.92. The third-order valence-electron chi connectivity index (χ3n) is 4.21. The first kappa shape index (κ1) is 14.3. The molecule has 0 saturated carbocycles. The molecule has 4 heterocycles. The molecule has 0 spiro atoms. The lowest BCUT2D eigenvalue weighted by atomic mass is 10.00. The zero-order chi connectivity index (χ0) is 16.2. The molecule has 0 radical (unpaired) electrons. The van der Waals surface area contributed by atoms with Gasteiger partial charge in [0.25, 0.3) is 0 Å². The molecule has 0 N–H and O–H groups in total. The number of amides is 1. The second-order valence-electron chi connectivity index (χ2n) is 7.09. The zero-order valence-corrected chi connectivity index (χ0v) is 13.6. The van der Waals surface area contributed by atoms with Crippen LogP contribution in [0.25, 0.3) is 11.4 Å². The van der Waals surface area contributed by atoms with Gasteiger partial charge in [-0.1, -0.05) is 5.16 Å². The van der Waals surface area contributed by atoms with Crippen LogP contribution in [0.3, 0.4) is 0 Å². The predicted octanol–water partition coefficient (Wildman–Crippen LogP) is 2.39. The Hall–Kier alpha value is -2.31. The summed E-state index contributed by atoms with van der Waals surface area (Å²) >= 11 is 0. The van der Waals surface area contributed by atoms with Crippen LogP contribution in [0.4, 0.5) is 4.79 Å². The average molecular weight is 316 g/mol. The molecular formula is C16H20N4O3. The fourth-order valence-electron chi connectivity index (χ4n) is 3.19. The quantitative estimate of drug-likeness (QED) is 0.746. The number of ether oxygens (including phenoxy) is 1. The van der Waals surface area contributed by atoms with E-state index in [1.807, 2.05) is 25.5 Å². The Labute approximate surface area is 134 Å². The Morgan fingerprint density at radius 3 is 2.91 bits per heavy atom. The summed E-state index contributed by atoms with van der Waals surface area (Å²) in [5.74, 6) is 0. The number of aryl methyl sites for hydroxylation is 2. The molecule has 4 rings (SSSR count). The van der Waals surface area contributed by atoms with Gasteiger partial charge in [-0.05, 0) is 27.2 Å². The van der Waals surface area contributed by atoms with Crippen LogP contribution in [0.15, 0.2) is 10.8 Å². The van der Waals surface area contributed by atoms with Crippen molar-refractivity contribution in [1.29, 1.82) is 0 Å². The van der Waals surface area contributed by atoms with Crippen LogP contribution in [-0.2, 0) is 30.7 Å². The SMILES string of the molecule is CC(C)(C)OC(=O)N1CCc2nn3c(c2C1)-c1nocc1CC3. The Morgan fingerprint density at radius 2 is 2.13 bits per heavy atom. The molecule has 2 aromatic rings. The van der Waals surface area contributed by atoms with E-state index in [4.69, 9.17) is 14.4 Å². The molecular weight excluding hydrogens is 296 g/mol. The van der Waals surface area contributed by atoms with Crippen molar-refractivity contribution in [2.24, 2.45) is 0 Å². The lowest BCUT2D eigenvalue weighted by Crippen LogP contribution is -2.39. The van der Waals surface area contributed by atoms with E-state index in [0.29, 0.717) is 13.1 Å². The minimum Gasteiger partial charge on any atom is -0.444 e. The number of hydrogen-bond donors (Lipinski definition) is 0. The van der Waals surface area contributed by atoms with E-state index >= 15 is 0 Å². The number of carbonyl (C=O) groups excluding carboxylic acids is 1. The summed E-state index contributed by atoms with van der Waals surface area (Å²) in [4.78, 5) is 14.1. The molecule has 2 aliphatic heterocycles. The van der Waals surface area contributed by atoms with Crippen molar-refractivity contribution in [1.82, 2.24) is 19.8 Å². The van der Waals surface area contributed by atoms with Gasteiger partial charge in [0.1, 0.15) is 17.6 Å². The van der Waals surface area contributed by atoms with Gasteiger partial charge >= 0.3 is 6.09 Å². The van der Waals surface area contributed by atoms with Crippen molar-refractivity contribution in [3.8, 4) is 11.4 Å². The summed E-state index contributed by atoms with van der Waals surface area (Å²) in [7, 11) is 0. The number of hydrogen-bond acceptors (Lipinski definition) is 5. The summed E-state index contributed by atoms with van der Waals surface area (Å²) in [6, 6.07) is 0. The van der Waals surface area contributed by atoms with Crippen molar-refractivity contribution in [2.75, 3.05) is 6.54 Å². The van der Waals surface area contributed by atoms with E-state index in [0.717, 1.165) is 47.6 Å². The van der Waals surface area contributed by atoms with Crippen molar-refractivity contribution in [3.63, 3.8) is 0 Å². The Bertz CT molecular complexity index is 769. The topological polar surface area (TPSA) is 73.4 Å². The van der Waals surface area contributed by atoms with Crippen LogP contribution in [0.2, 0.25) is 0 Å². The van der Waals surface area contributed by atoms with Crippen LogP contribution in [-0.4, -0.2) is 38.1 Å². The molecule has 0 unspecified atom stereocenters. The summed E-state index contributed by atoms with van der Waals surface area (Å²) in [5.41, 5.74) is 4.58. The molecule has 7 heteroatoms. The monoisotopic (exact) mass is 316 g/mol. The smallest absolute Gasteiger partial charge is 0.410 e. The standard InChI is InChI=1S/C16H20N4O3/c1-16(2,3)23-15(21)19-6-5-12-11(8-19)14-13-10(9-22-18-13)4-7-20(14)17-12/h9H,4-8H2,1-3H3. The summed E-state index contributed by atoms with van der Waals surface area (Å²) in [6.45, 7) is 7.59. The van der Waals surface area contributed by atoms with Crippen LogP contribution in [0.1, 0.15) is 37.6 Å². The van der Waals surface area contributed by atoms with Crippen LogP contribution in [0.5, 0.6) is 0 Å². The van der Waals surface area contributed by atoms with Crippen molar-refractivity contribution in [3.05, 3.63) is 23.1 Å². The minimum absolute atomic E-state index is 0.278. The number of fused-ring (bicyclic) bond motifs is 5. The largest absolute Gasteiger partial charge is 0.444 e. The second-order valence-corrected chi connectivity index (χ2v) is 7.09. The molecule has 2 aromatic heterocycles. The highest BCUT2D eigenvalue weighted by Crippen LogP contribution is 2.35. The van der Waals surface area contributed by atoms with Crippen LogP contribution in [0, 0.1) is 0 Å². The molecule has 7 nitrogen and oxygen atoms in total. The van der Waals surface area contributed by atoms with Gasteiger partial charge in [-0.15, -0.1) is 0 Å². The molecule has 0 bridgehead atoms. The van der Waals surface area contributed by atoms with Gasteiger partial charge in [0.15, 0.2) is 0 Å². The number of aromatic nitrogens is 3. The van der Waals surface area contributed by atoms with E-state index in [1.165, 1.54) is 0 Å². The molecule has 0 aromatic carbocycles. The van der Waals surface area contributed by atoms with Gasteiger partial charge in [0.05, 0.1) is 17.9 Å². The van der Waals surface area contributed by atoms with Crippen molar-refractivity contribution in [2.45, 2.75) is 52.3 Å². The molecule has 0 aliphatic carbocycles. The summed E-state index contributed by atoms with van der Waals surface area (Å²) in [5, 5.41) is 8.83. The maximum Gasteiger partial charge on any atom is 0.410 e. The molecule has 122 valence electrons. The van der Waals surface area contributed by atoms with E-state index in [9.17, 15) is 4.79 Å². The fraction of sp³-hybridized carbons (Fsp3) is 0.562. The molecule has 2 aliphatic rings. The first-order chi connectivity index (χ1) is 10.9. The van der Waals surface area contributed by atoms with Crippen LogP contribution >= 0.6 is 0 Å². The Kier molecular flexibility index (Phi) is 3.01. The van der Waals surface area contributed by atoms with Crippen molar-refractivity contribution >= 4 is 6.09 Å². The first-order valence-electron chi connectivity index (χ1n) is 7.92. The van der Waals surface area contributed by atoms with Crippen molar-refractivity contribution < 1.29 is 14.1 Å². The van der Waals surface area contributed by atoms with Gasteiger partial charge in [-0.25, -0.2) is 4.79 Å². The highest BCUT2D eigenvalue weighted by molar-refractivity contribution is 5.71. The highest BCUT2D eigenvalue weighted by Gasteiger charge is 2.33. The fourth-order valence-corrected chi connectivity index (χ4v) is 3.19. The summed E-state index contributed by atoms with van der Waals surface area (Å²) in [6.07, 6.45) is 3.04. The third-order valence-corrected chi connectivity index (χ3v) is 4.21. The molecule has 0 fully saturated rings. The molecule has 1 amide bonds. The van der Waals surface area contributed by atoms with Crippen LogP contribution < -0.4 is 0 Å². The maximum atomic E-state index is 12.4. The third kappa shape index (κ3) is 2.40. The summed E-state index contributed by atoms with van der Waals surface area (Å²) < 4.78 is 12.6. The Balaban J connectivity index is 1.66. The zero-order valence-electron chi connectivity index (χ0n) is 13.6. The van der Waals surface area contributed by atoms with E-state index in [2.05, 4.69) is 5.16 Å². The van der Waals surface area contributed by atoms with Gasteiger partial charge < -0.3 is 14.2 Å². The highest BCUT2D eigenvalue weighted by atomic mass is 16.6. The predicted molar refractivity (Wildman–Crippen MR) is 81.8 cm³/mol. The minimum atomic E-state index is -0.491. The molecule has 0 atom stereocenters. The molecule has 0 saturated heterocycles. The van der Waals surface area contributed by atoms with Gasteiger partial charge in [0, 0.05) is 30.6 Å². The second kappa shape index (κ2) is 4.84. The number of nitrogens with zero attached hydrogens (tertiary/aromatic N) is 4. The lowest BCUT2D eigenvalue weighted by Gasteiger charge is -2.30. The molecule has 23 heavy (non-hydrogen) atoms. The van der Waals surface area contributed by atoms with E-state index in [-0.39, 0.29) is 6.09 Å².